The maximum Gasteiger partial charge on any atom is 0.139 e. The van der Waals surface area contributed by atoms with Gasteiger partial charge in [-0.1, -0.05) is 88.6 Å². The molecule has 0 amide bonds. The van der Waals surface area contributed by atoms with E-state index in [1.807, 2.05) is 0 Å². The van der Waals surface area contributed by atoms with Gasteiger partial charge in [-0.15, -0.1) is 0 Å². The number of fused-ring (bicyclic) bond motifs is 1. The van der Waals surface area contributed by atoms with Crippen molar-refractivity contribution in [3.05, 3.63) is 42.5 Å². The predicted molar refractivity (Wildman–Crippen MR) is 123 cm³/mol. The zero-order valence-electron chi connectivity index (χ0n) is 19.2. The Morgan fingerprint density at radius 2 is 1.39 bits per heavy atom. The Balaban J connectivity index is 0.00000240. The molecule has 1 aliphatic rings. The summed E-state index contributed by atoms with van der Waals surface area (Å²) in [6.45, 7) is 7.84. The van der Waals surface area contributed by atoms with Crippen LogP contribution >= 0.6 is 0 Å². The standard InChI is InChI=1S/C26H40N2O.2ClH/c1-2-3-4-5-6-7-8-9-15-24(29)22-27-18-20-28(21-19-27)26-17-12-14-23-13-10-11-16-25(23)26;;/h10-14,16-17,24,29H,2-9,15,18-22H2,1H3;2*1H. The number of benzene rings is 2. The van der Waals surface area contributed by atoms with E-state index >= 15 is 0 Å². The van der Waals surface area contributed by atoms with Crippen molar-refractivity contribution in [2.45, 2.75) is 70.8 Å². The molecule has 1 heterocycles. The van der Waals surface area contributed by atoms with Crippen LogP contribution in [0, 0.1) is 0 Å². The van der Waals surface area contributed by atoms with Crippen molar-refractivity contribution in [3.8, 4) is 0 Å². The molecule has 0 aromatic heterocycles. The third-order valence-electron chi connectivity index (χ3n) is 6.65. The number of nitrogens with one attached hydrogen (secondary N) is 2. The number of halogens is 2. The monoisotopic (exact) mass is 468 g/mol. The van der Waals surface area contributed by atoms with Crippen LogP contribution in [0.15, 0.2) is 42.5 Å². The number of rotatable bonds is 12. The SMILES string of the molecule is CCCCCCCCCCC(O)C[NH+]1CC[NH+](c2cccc3ccccc23)CC1.[Cl-].[Cl-]. The Bertz CT molecular complexity index is 714. The smallest absolute Gasteiger partial charge is 0.139 e. The van der Waals surface area contributed by atoms with Crippen molar-refractivity contribution in [2.24, 2.45) is 0 Å². The van der Waals surface area contributed by atoms with E-state index in [0.29, 0.717) is 0 Å². The highest BCUT2D eigenvalue weighted by Crippen LogP contribution is 2.19. The maximum absolute atomic E-state index is 10.5. The molecule has 1 saturated heterocycles. The van der Waals surface area contributed by atoms with Gasteiger partial charge in [0, 0.05) is 5.39 Å². The lowest BCUT2D eigenvalue weighted by molar-refractivity contribution is -0.987. The molecule has 1 aliphatic heterocycles. The Morgan fingerprint density at radius 1 is 0.774 bits per heavy atom. The van der Waals surface area contributed by atoms with Crippen LogP contribution in [0.1, 0.15) is 64.7 Å². The summed E-state index contributed by atoms with van der Waals surface area (Å²) in [7, 11) is 0. The van der Waals surface area contributed by atoms with Gasteiger partial charge < -0.3 is 34.8 Å². The third kappa shape index (κ3) is 9.27. The predicted octanol–water partition coefficient (Wildman–Crippen LogP) is -2.85. The molecule has 1 unspecified atom stereocenters. The summed E-state index contributed by atoms with van der Waals surface area (Å²) < 4.78 is 0. The van der Waals surface area contributed by atoms with Gasteiger partial charge in [0.2, 0.25) is 0 Å². The minimum absolute atomic E-state index is 0. The number of unbranched alkanes of at least 4 members (excludes halogenated alkanes) is 7. The van der Waals surface area contributed by atoms with Gasteiger partial charge in [0.25, 0.3) is 0 Å². The molecule has 3 N–H and O–H groups in total. The van der Waals surface area contributed by atoms with Crippen molar-refractivity contribution in [2.75, 3.05) is 32.7 Å². The van der Waals surface area contributed by atoms with E-state index in [2.05, 4.69) is 49.4 Å². The average molecular weight is 470 g/mol. The molecule has 1 fully saturated rings. The maximum atomic E-state index is 10.5. The summed E-state index contributed by atoms with van der Waals surface area (Å²) in [6, 6.07) is 15.4. The Hall–Kier alpha value is -0.840. The first-order valence-corrected chi connectivity index (χ1v) is 12.1. The van der Waals surface area contributed by atoms with Crippen molar-refractivity contribution in [1.29, 1.82) is 0 Å². The van der Waals surface area contributed by atoms with E-state index in [9.17, 15) is 5.11 Å². The first kappa shape index (κ1) is 28.2. The van der Waals surface area contributed by atoms with E-state index < -0.39 is 0 Å². The molecule has 1 atom stereocenters. The van der Waals surface area contributed by atoms with E-state index in [0.717, 1.165) is 39.1 Å². The summed E-state index contributed by atoms with van der Waals surface area (Å²) >= 11 is 0. The molecule has 0 bridgehead atoms. The normalized spacial score (nSPS) is 19.4. The Labute approximate surface area is 202 Å². The van der Waals surface area contributed by atoms with Gasteiger partial charge in [0.05, 0.1) is 0 Å². The lowest BCUT2D eigenvalue weighted by Gasteiger charge is -2.31. The van der Waals surface area contributed by atoms with Gasteiger partial charge in [-0.3, -0.25) is 4.90 Å². The molecular formula is C26H42Cl2N2O. The third-order valence-corrected chi connectivity index (χ3v) is 6.65. The minimum Gasteiger partial charge on any atom is -1.00 e. The Morgan fingerprint density at radius 3 is 2.10 bits per heavy atom. The number of aliphatic hydroxyl groups excluding tert-OH is 1. The van der Waals surface area contributed by atoms with Crippen LogP contribution in [-0.4, -0.2) is 43.9 Å². The van der Waals surface area contributed by atoms with Crippen molar-refractivity contribution in [3.63, 3.8) is 0 Å². The highest BCUT2D eigenvalue weighted by Gasteiger charge is 2.26. The van der Waals surface area contributed by atoms with Gasteiger partial charge in [-0.2, -0.15) is 0 Å². The molecular weight excluding hydrogens is 427 g/mol. The van der Waals surface area contributed by atoms with Crippen molar-refractivity contribution >= 4 is 16.5 Å². The molecule has 0 saturated carbocycles. The van der Waals surface area contributed by atoms with E-state index in [-0.39, 0.29) is 30.9 Å². The van der Waals surface area contributed by atoms with Crippen LogP contribution in [0.25, 0.3) is 10.8 Å². The number of piperazine rings is 1. The van der Waals surface area contributed by atoms with E-state index in [4.69, 9.17) is 0 Å². The first-order chi connectivity index (χ1) is 14.3. The molecule has 176 valence electrons. The molecule has 0 spiro atoms. The summed E-state index contributed by atoms with van der Waals surface area (Å²) in [4.78, 5) is 3.18. The molecule has 3 rings (SSSR count). The quantitative estimate of drug-likeness (QED) is 0.287. The van der Waals surface area contributed by atoms with Gasteiger partial charge in [-0.05, 0) is 23.9 Å². The number of hydrogen-bond acceptors (Lipinski definition) is 1. The summed E-state index contributed by atoms with van der Waals surface area (Å²) in [5.41, 5.74) is 1.45. The molecule has 0 radical (unpaired) electrons. The highest BCUT2D eigenvalue weighted by atomic mass is 35.5. The fourth-order valence-electron chi connectivity index (χ4n) is 4.86. The van der Waals surface area contributed by atoms with Gasteiger partial charge in [0.15, 0.2) is 0 Å². The average Bonchev–Trinajstić information content (AvgIpc) is 2.76. The largest absolute Gasteiger partial charge is 1.00 e. The lowest BCUT2D eigenvalue weighted by Crippen LogP contribution is -3.26. The van der Waals surface area contributed by atoms with Crippen molar-refractivity contribution in [1.82, 2.24) is 0 Å². The minimum atomic E-state index is -0.121. The lowest BCUT2D eigenvalue weighted by atomic mass is 10.1. The molecule has 5 heteroatoms. The van der Waals surface area contributed by atoms with Crippen LogP contribution in [0.3, 0.4) is 0 Å². The fourth-order valence-corrected chi connectivity index (χ4v) is 4.86. The van der Waals surface area contributed by atoms with Crippen LogP contribution in [0.4, 0.5) is 5.69 Å². The van der Waals surface area contributed by atoms with Crippen LogP contribution < -0.4 is 34.6 Å². The first-order valence-electron chi connectivity index (χ1n) is 12.1. The molecule has 2 aromatic rings. The van der Waals surface area contributed by atoms with Crippen molar-refractivity contribution < 1.29 is 39.7 Å². The molecule has 31 heavy (non-hydrogen) atoms. The zero-order chi connectivity index (χ0) is 20.3. The van der Waals surface area contributed by atoms with Crippen LogP contribution in [0.2, 0.25) is 0 Å². The summed E-state index contributed by atoms with van der Waals surface area (Å²) in [5.74, 6) is 0. The summed E-state index contributed by atoms with van der Waals surface area (Å²) in [5, 5.41) is 13.2. The number of quaternary nitrogens is 2. The van der Waals surface area contributed by atoms with Gasteiger partial charge in [-0.25, -0.2) is 0 Å². The second-order valence-electron chi connectivity index (χ2n) is 9.00. The molecule has 3 nitrogen and oxygen atoms in total. The van der Waals surface area contributed by atoms with E-state index in [1.165, 1.54) is 67.8 Å². The number of aliphatic hydroxyl groups is 1. The van der Waals surface area contributed by atoms with Crippen LogP contribution in [-0.2, 0) is 0 Å². The van der Waals surface area contributed by atoms with Gasteiger partial charge in [0.1, 0.15) is 44.5 Å². The summed E-state index contributed by atoms with van der Waals surface area (Å²) in [6.07, 6.45) is 11.6. The van der Waals surface area contributed by atoms with Crippen LogP contribution in [0.5, 0.6) is 0 Å². The van der Waals surface area contributed by atoms with Gasteiger partial charge >= 0.3 is 0 Å². The second-order valence-corrected chi connectivity index (χ2v) is 9.00. The molecule has 2 aromatic carbocycles. The topological polar surface area (TPSA) is 29.1 Å². The van der Waals surface area contributed by atoms with E-state index in [1.54, 1.807) is 9.80 Å². The molecule has 0 aliphatic carbocycles. The second kappa shape index (κ2) is 15.9. The highest BCUT2D eigenvalue weighted by molar-refractivity contribution is 5.90. The fraction of sp³-hybridized carbons (Fsp3) is 0.615. The Kier molecular flexibility index (Phi) is 14.4. The number of hydrogen-bond donors (Lipinski definition) is 3. The zero-order valence-corrected chi connectivity index (χ0v) is 20.7.